The molecule has 0 aliphatic heterocycles. The quantitative estimate of drug-likeness (QED) is 0.898. The molecule has 1 aromatic heterocycles. The van der Waals surface area contributed by atoms with Crippen LogP contribution in [0, 0.1) is 11.6 Å². The molecule has 0 aliphatic carbocycles. The first-order chi connectivity index (χ1) is 8.66. The normalized spacial score (nSPS) is 12.4. The molecule has 1 aromatic carbocycles. The smallest absolute Gasteiger partial charge is 0.127 e. The third-order valence-corrected chi connectivity index (χ3v) is 2.81. The summed E-state index contributed by atoms with van der Waals surface area (Å²) >= 11 is 0. The zero-order valence-electron chi connectivity index (χ0n) is 10.0. The summed E-state index contributed by atoms with van der Waals surface area (Å²) in [6.45, 7) is 2.25. The first kappa shape index (κ1) is 12.6. The Bertz CT molecular complexity index is 514. The highest BCUT2D eigenvalue weighted by molar-refractivity contribution is 5.19. The van der Waals surface area contributed by atoms with Crippen LogP contribution in [0.1, 0.15) is 24.1 Å². The molecule has 0 radical (unpaired) electrons. The summed E-state index contributed by atoms with van der Waals surface area (Å²) in [5.41, 5.74) is 1.39. The Morgan fingerprint density at radius 1 is 1.17 bits per heavy atom. The summed E-state index contributed by atoms with van der Waals surface area (Å²) in [6, 6.07) is 7.30. The largest absolute Gasteiger partial charge is 0.306 e. The lowest BCUT2D eigenvalue weighted by atomic mass is 10.1. The van der Waals surface area contributed by atoms with E-state index in [1.807, 2.05) is 19.1 Å². The summed E-state index contributed by atoms with van der Waals surface area (Å²) in [5.74, 6) is -0.824. The van der Waals surface area contributed by atoms with E-state index in [2.05, 4.69) is 10.3 Å². The van der Waals surface area contributed by atoms with Gasteiger partial charge in [0.2, 0.25) is 0 Å². The van der Waals surface area contributed by atoms with Crippen molar-refractivity contribution in [3.05, 3.63) is 65.5 Å². The van der Waals surface area contributed by atoms with Gasteiger partial charge in [-0.1, -0.05) is 0 Å². The van der Waals surface area contributed by atoms with Gasteiger partial charge in [-0.05, 0) is 42.8 Å². The van der Waals surface area contributed by atoms with Crippen molar-refractivity contribution >= 4 is 0 Å². The molecule has 0 fully saturated rings. The zero-order valence-corrected chi connectivity index (χ0v) is 10.0. The topological polar surface area (TPSA) is 24.9 Å². The van der Waals surface area contributed by atoms with Crippen LogP contribution in [0.2, 0.25) is 0 Å². The predicted molar refractivity (Wildman–Crippen MR) is 65.8 cm³/mol. The van der Waals surface area contributed by atoms with Crippen LogP contribution in [0.5, 0.6) is 0 Å². The van der Waals surface area contributed by atoms with Crippen LogP contribution in [0.3, 0.4) is 0 Å². The van der Waals surface area contributed by atoms with Gasteiger partial charge >= 0.3 is 0 Å². The number of hydrogen-bond acceptors (Lipinski definition) is 2. The Balaban J connectivity index is 2.01. The van der Waals surface area contributed by atoms with Crippen molar-refractivity contribution in [2.45, 2.75) is 19.5 Å². The summed E-state index contributed by atoms with van der Waals surface area (Å²) < 4.78 is 26.4. The SMILES string of the molecule is C[C@H](NCc1cc(F)ccc1F)c1ccncc1. The van der Waals surface area contributed by atoms with E-state index in [4.69, 9.17) is 0 Å². The van der Waals surface area contributed by atoms with Crippen LogP contribution >= 0.6 is 0 Å². The fraction of sp³-hybridized carbons (Fsp3) is 0.214. The third kappa shape index (κ3) is 3.11. The maximum atomic E-state index is 13.4. The molecule has 18 heavy (non-hydrogen) atoms. The van der Waals surface area contributed by atoms with E-state index < -0.39 is 11.6 Å². The van der Waals surface area contributed by atoms with E-state index in [1.54, 1.807) is 12.4 Å². The molecule has 4 heteroatoms. The number of hydrogen-bond donors (Lipinski definition) is 1. The molecule has 94 valence electrons. The summed E-state index contributed by atoms with van der Waals surface area (Å²) in [5, 5.41) is 3.15. The summed E-state index contributed by atoms with van der Waals surface area (Å²) in [6.07, 6.45) is 3.41. The molecular weight excluding hydrogens is 234 g/mol. The van der Waals surface area contributed by atoms with Gasteiger partial charge in [0.25, 0.3) is 0 Å². The molecule has 0 spiro atoms. The molecule has 0 amide bonds. The van der Waals surface area contributed by atoms with Gasteiger partial charge in [-0.25, -0.2) is 8.78 Å². The minimum absolute atomic E-state index is 0.0515. The van der Waals surface area contributed by atoms with Crippen LogP contribution in [0.4, 0.5) is 8.78 Å². The number of halogens is 2. The molecule has 2 aromatic rings. The highest BCUT2D eigenvalue weighted by Gasteiger charge is 2.07. The fourth-order valence-electron chi connectivity index (χ4n) is 1.71. The molecule has 1 atom stereocenters. The second-order valence-corrected chi connectivity index (χ2v) is 4.12. The van der Waals surface area contributed by atoms with Gasteiger partial charge in [-0.15, -0.1) is 0 Å². The average molecular weight is 248 g/mol. The Kier molecular flexibility index (Phi) is 3.99. The van der Waals surface area contributed by atoms with Gasteiger partial charge in [0.15, 0.2) is 0 Å². The molecule has 0 saturated carbocycles. The lowest BCUT2D eigenvalue weighted by molar-refractivity contribution is 0.535. The van der Waals surface area contributed by atoms with Crippen LogP contribution in [-0.2, 0) is 6.54 Å². The Hall–Kier alpha value is -1.81. The molecule has 0 saturated heterocycles. The number of aromatic nitrogens is 1. The van der Waals surface area contributed by atoms with E-state index >= 15 is 0 Å². The van der Waals surface area contributed by atoms with Gasteiger partial charge in [0.1, 0.15) is 11.6 Å². The van der Waals surface area contributed by atoms with E-state index in [0.29, 0.717) is 5.56 Å². The number of pyridine rings is 1. The van der Waals surface area contributed by atoms with Gasteiger partial charge in [-0.2, -0.15) is 0 Å². The first-order valence-corrected chi connectivity index (χ1v) is 5.74. The minimum atomic E-state index is -0.426. The van der Waals surface area contributed by atoms with Crippen molar-refractivity contribution in [1.29, 1.82) is 0 Å². The molecular formula is C14H14F2N2. The highest BCUT2D eigenvalue weighted by Crippen LogP contribution is 2.14. The maximum Gasteiger partial charge on any atom is 0.127 e. The highest BCUT2D eigenvalue weighted by atomic mass is 19.1. The van der Waals surface area contributed by atoms with Crippen molar-refractivity contribution in [2.24, 2.45) is 0 Å². The zero-order chi connectivity index (χ0) is 13.0. The van der Waals surface area contributed by atoms with Gasteiger partial charge in [0, 0.05) is 30.5 Å². The average Bonchev–Trinajstić information content (AvgIpc) is 2.40. The van der Waals surface area contributed by atoms with Crippen LogP contribution in [0.15, 0.2) is 42.7 Å². The van der Waals surface area contributed by atoms with Gasteiger partial charge < -0.3 is 5.32 Å². The first-order valence-electron chi connectivity index (χ1n) is 5.74. The number of nitrogens with one attached hydrogen (secondary N) is 1. The lowest BCUT2D eigenvalue weighted by Crippen LogP contribution is -2.18. The molecule has 2 rings (SSSR count). The monoisotopic (exact) mass is 248 g/mol. The molecule has 1 N–H and O–H groups in total. The standard InChI is InChI=1S/C14H14F2N2/c1-10(11-4-6-17-7-5-11)18-9-12-8-13(15)2-3-14(12)16/h2-8,10,18H,9H2,1H3/t10-/m0/s1. The third-order valence-electron chi connectivity index (χ3n) is 2.81. The summed E-state index contributed by atoms with van der Waals surface area (Å²) in [7, 11) is 0. The van der Waals surface area contributed by atoms with E-state index in [9.17, 15) is 8.78 Å². The Morgan fingerprint density at radius 3 is 2.61 bits per heavy atom. The maximum absolute atomic E-state index is 13.4. The molecule has 1 heterocycles. The van der Waals surface area contributed by atoms with Crippen molar-refractivity contribution in [3.63, 3.8) is 0 Å². The minimum Gasteiger partial charge on any atom is -0.306 e. The van der Waals surface area contributed by atoms with E-state index in [-0.39, 0.29) is 12.6 Å². The molecule has 2 nitrogen and oxygen atoms in total. The van der Waals surface area contributed by atoms with Crippen molar-refractivity contribution in [2.75, 3.05) is 0 Å². The van der Waals surface area contributed by atoms with Crippen molar-refractivity contribution < 1.29 is 8.78 Å². The second kappa shape index (κ2) is 5.69. The lowest BCUT2D eigenvalue weighted by Gasteiger charge is -2.14. The van der Waals surface area contributed by atoms with Crippen molar-refractivity contribution in [1.82, 2.24) is 10.3 Å². The van der Waals surface area contributed by atoms with E-state index in [0.717, 1.165) is 17.7 Å². The van der Waals surface area contributed by atoms with Crippen LogP contribution in [-0.4, -0.2) is 4.98 Å². The summed E-state index contributed by atoms with van der Waals surface area (Å²) in [4.78, 5) is 3.93. The van der Waals surface area contributed by atoms with Crippen LogP contribution in [0.25, 0.3) is 0 Å². The van der Waals surface area contributed by atoms with Gasteiger partial charge in [0.05, 0.1) is 0 Å². The van der Waals surface area contributed by atoms with Crippen LogP contribution < -0.4 is 5.32 Å². The Labute approximate surface area is 105 Å². The van der Waals surface area contributed by atoms with Crippen molar-refractivity contribution in [3.8, 4) is 0 Å². The molecule has 0 aliphatic rings. The fourth-order valence-corrected chi connectivity index (χ4v) is 1.71. The Morgan fingerprint density at radius 2 is 1.89 bits per heavy atom. The van der Waals surface area contributed by atoms with Gasteiger partial charge in [-0.3, -0.25) is 4.98 Å². The molecule has 0 bridgehead atoms. The number of nitrogens with zero attached hydrogens (tertiary/aromatic N) is 1. The predicted octanol–water partition coefficient (Wildman–Crippen LogP) is 3.21. The number of benzene rings is 1. The van der Waals surface area contributed by atoms with E-state index in [1.165, 1.54) is 6.07 Å². The second-order valence-electron chi connectivity index (χ2n) is 4.12. The molecule has 0 unspecified atom stereocenters. The number of rotatable bonds is 4.